The maximum Gasteiger partial charge on any atom is 0.307 e. The summed E-state index contributed by atoms with van der Waals surface area (Å²) >= 11 is 0.963. The van der Waals surface area contributed by atoms with Gasteiger partial charge in [-0.25, -0.2) is 0 Å². The van der Waals surface area contributed by atoms with Crippen molar-refractivity contribution < 1.29 is 19.3 Å². The normalized spacial score (nSPS) is 10.3. The molecule has 0 saturated heterocycles. The third-order valence-corrected chi connectivity index (χ3v) is 3.71. The lowest BCUT2D eigenvalue weighted by molar-refractivity contribution is 0.347. The van der Waals surface area contributed by atoms with Gasteiger partial charge in [-0.1, -0.05) is 11.3 Å². The number of hydrogen-bond donors (Lipinski definition) is 2. The van der Waals surface area contributed by atoms with Crippen LogP contribution in [0.2, 0.25) is 0 Å². The summed E-state index contributed by atoms with van der Waals surface area (Å²) in [6, 6.07) is 3.47. The molecule has 0 bridgehead atoms. The fourth-order valence-corrected chi connectivity index (χ4v) is 2.62. The molecule has 0 radical (unpaired) electrons. The van der Waals surface area contributed by atoms with Crippen LogP contribution in [-0.4, -0.2) is 31.4 Å². The first-order chi connectivity index (χ1) is 9.58. The van der Waals surface area contributed by atoms with Crippen molar-refractivity contribution in [2.75, 3.05) is 21.3 Å². The Morgan fingerprint density at radius 3 is 2.20 bits per heavy atom. The second-order valence-electron chi connectivity index (χ2n) is 3.98. The predicted molar refractivity (Wildman–Crippen MR) is 75.5 cm³/mol. The Kier molecular flexibility index (Phi) is 4.19. The molecule has 1 aromatic carbocycles. The second kappa shape index (κ2) is 5.87. The van der Waals surface area contributed by atoms with Gasteiger partial charge >= 0.3 is 4.87 Å². The molecule has 0 amide bonds. The number of aromatic amines is 1. The van der Waals surface area contributed by atoms with E-state index < -0.39 is 0 Å². The minimum atomic E-state index is -0.294. The largest absolute Gasteiger partial charge is 0.496 e. The Bertz CT molecular complexity index is 661. The van der Waals surface area contributed by atoms with Gasteiger partial charge in [0.15, 0.2) is 11.5 Å². The summed E-state index contributed by atoms with van der Waals surface area (Å²) in [4.78, 5) is 13.8. The van der Waals surface area contributed by atoms with Crippen LogP contribution in [0.1, 0.15) is 10.4 Å². The SMILES string of the molecule is COc1cc(OC)c(OC)cc1Cc1sc(=O)[nH]c1O. The van der Waals surface area contributed by atoms with Crippen LogP contribution in [0.25, 0.3) is 0 Å². The van der Waals surface area contributed by atoms with Crippen LogP contribution in [0.4, 0.5) is 0 Å². The van der Waals surface area contributed by atoms with Crippen molar-refractivity contribution >= 4 is 11.3 Å². The average molecular weight is 297 g/mol. The van der Waals surface area contributed by atoms with E-state index in [4.69, 9.17) is 14.2 Å². The molecule has 20 heavy (non-hydrogen) atoms. The molecule has 0 saturated carbocycles. The number of H-pyrrole nitrogens is 1. The van der Waals surface area contributed by atoms with Gasteiger partial charge in [0.1, 0.15) is 5.75 Å². The van der Waals surface area contributed by atoms with Gasteiger partial charge in [-0.3, -0.25) is 9.78 Å². The molecule has 108 valence electrons. The topological polar surface area (TPSA) is 80.8 Å². The minimum absolute atomic E-state index is 0.114. The second-order valence-corrected chi connectivity index (χ2v) is 5.05. The summed E-state index contributed by atoms with van der Waals surface area (Å²) in [6.45, 7) is 0. The third-order valence-electron chi connectivity index (χ3n) is 2.84. The molecule has 0 atom stereocenters. The van der Waals surface area contributed by atoms with Gasteiger partial charge in [-0.15, -0.1) is 0 Å². The van der Waals surface area contributed by atoms with Gasteiger partial charge in [0.2, 0.25) is 5.88 Å². The summed E-state index contributed by atoms with van der Waals surface area (Å²) in [7, 11) is 4.63. The molecular weight excluding hydrogens is 282 g/mol. The van der Waals surface area contributed by atoms with Gasteiger partial charge in [0.05, 0.1) is 26.2 Å². The molecule has 2 N–H and O–H groups in total. The highest BCUT2D eigenvalue weighted by Gasteiger charge is 2.15. The van der Waals surface area contributed by atoms with E-state index in [1.807, 2.05) is 0 Å². The highest BCUT2D eigenvalue weighted by molar-refractivity contribution is 7.09. The summed E-state index contributed by atoms with van der Waals surface area (Å²) in [6.07, 6.45) is 0.360. The van der Waals surface area contributed by atoms with E-state index in [-0.39, 0.29) is 10.8 Å². The minimum Gasteiger partial charge on any atom is -0.496 e. The lowest BCUT2D eigenvalue weighted by Crippen LogP contribution is -1.97. The maximum atomic E-state index is 11.2. The Labute approximate surface area is 119 Å². The van der Waals surface area contributed by atoms with Crippen molar-refractivity contribution in [3.8, 4) is 23.1 Å². The Morgan fingerprint density at radius 2 is 1.70 bits per heavy atom. The number of nitrogens with one attached hydrogen (secondary N) is 1. The van der Waals surface area contributed by atoms with Crippen molar-refractivity contribution in [1.82, 2.24) is 4.98 Å². The van der Waals surface area contributed by atoms with E-state index in [1.54, 1.807) is 33.5 Å². The first kappa shape index (κ1) is 14.3. The number of thiazole rings is 1. The van der Waals surface area contributed by atoms with Crippen molar-refractivity contribution in [1.29, 1.82) is 0 Å². The van der Waals surface area contributed by atoms with Crippen molar-refractivity contribution in [3.05, 3.63) is 32.2 Å². The number of aromatic nitrogens is 1. The van der Waals surface area contributed by atoms with Crippen LogP contribution in [0.3, 0.4) is 0 Å². The fraction of sp³-hybridized carbons (Fsp3) is 0.308. The van der Waals surface area contributed by atoms with Crippen molar-refractivity contribution in [3.63, 3.8) is 0 Å². The molecule has 0 aliphatic carbocycles. The zero-order valence-corrected chi connectivity index (χ0v) is 12.2. The van der Waals surface area contributed by atoms with Gasteiger partial charge in [-0.2, -0.15) is 0 Å². The maximum absolute atomic E-state index is 11.2. The van der Waals surface area contributed by atoms with Gasteiger partial charge in [0.25, 0.3) is 0 Å². The van der Waals surface area contributed by atoms with E-state index in [1.165, 1.54) is 0 Å². The molecule has 0 fully saturated rings. The van der Waals surface area contributed by atoms with Gasteiger partial charge in [-0.05, 0) is 6.07 Å². The molecule has 0 aliphatic heterocycles. The number of benzene rings is 1. The fourth-order valence-electron chi connectivity index (χ4n) is 1.88. The lowest BCUT2D eigenvalue weighted by atomic mass is 10.1. The van der Waals surface area contributed by atoms with Crippen LogP contribution >= 0.6 is 11.3 Å². The first-order valence-electron chi connectivity index (χ1n) is 5.78. The molecule has 7 heteroatoms. The predicted octanol–water partition coefficient (Wildman–Crippen LogP) is 1.76. The summed E-state index contributed by atoms with van der Waals surface area (Å²) in [5.41, 5.74) is 0.788. The lowest BCUT2D eigenvalue weighted by Gasteiger charge is -2.13. The molecule has 0 spiro atoms. The van der Waals surface area contributed by atoms with Gasteiger partial charge < -0.3 is 19.3 Å². The number of rotatable bonds is 5. The molecule has 6 nitrogen and oxygen atoms in total. The summed E-state index contributed by atoms with van der Waals surface area (Å²) in [5.74, 6) is 1.60. The number of methoxy groups -OCH3 is 3. The van der Waals surface area contributed by atoms with E-state index in [9.17, 15) is 9.90 Å². The zero-order valence-electron chi connectivity index (χ0n) is 11.4. The third kappa shape index (κ3) is 2.72. The van der Waals surface area contributed by atoms with Crippen molar-refractivity contribution in [2.24, 2.45) is 0 Å². The number of ether oxygens (including phenoxy) is 3. The Morgan fingerprint density at radius 1 is 1.10 bits per heavy atom. The Hall–Kier alpha value is -2.15. The van der Waals surface area contributed by atoms with Crippen LogP contribution in [0, 0.1) is 0 Å². The highest BCUT2D eigenvalue weighted by atomic mass is 32.1. The molecule has 1 heterocycles. The molecule has 0 unspecified atom stereocenters. The Balaban J connectivity index is 2.44. The van der Waals surface area contributed by atoms with Crippen LogP contribution in [0.5, 0.6) is 23.1 Å². The monoisotopic (exact) mass is 297 g/mol. The zero-order chi connectivity index (χ0) is 14.7. The van der Waals surface area contributed by atoms with Crippen molar-refractivity contribution in [2.45, 2.75) is 6.42 Å². The van der Waals surface area contributed by atoms with Crippen LogP contribution < -0.4 is 19.1 Å². The smallest absolute Gasteiger partial charge is 0.307 e. The van der Waals surface area contributed by atoms with E-state index in [0.717, 1.165) is 16.9 Å². The summed E-state index contributed by atoms with van der Waals surface area (Å²) < 4.78 is 15.7. The van der Waals surface area contributed by atoms with Crippen LogP contribution in [-0.2, 0) is 6.42 Å². The van der Waals surface area contributed by atoms with E-state index in [2.05, 4.69) is 4.98 Å². The molecule has 2 aromatic rings. The number of hydrogen-bond acceptors (Lipinski definition) is 6. The highest BCUT2D eigenvalue weighted by Crippen LogP contribution is 2.36. The molecule has 0 aliphatic rings. The molecule has 2 rings (SSSR count). The molecule has 1 aromatic heterocycles. The molecular formula is C13H15NO5S. The standard InChI is InChI=1S/C13H15NO5S/c1-17-8-6-10(19-3)9(18-2)4-7(8)5-11-12(15)14-13(16)20-11/h4,6,15H,5H2,1-3H3,(H,14,16). The quantitative estimate of drug-likeness (QED) is 0.879. The van der Waals surface area contributed by atoms with E-state index in [0.29, 0.717) is 28.5 Å². The number of aromatic hydroxyl groups is 1. The van der Waals surface area contributed by atoms with Crippen LogP contribution in [0.15, 0.2) is 16.9 Å². The van der Waals surface area contributed by atoms with Gasteiger partial charge in [0, 0.05) is 18.1 Å². The average Bonchev–Trinajstić information content (AvgIpc) is 2.76. The first-order valence-corrected chi connectivity index (χ1v) is 6.60. The summed E-state index contributed by atoms with van der Waals surface area (Å²) in [5, 5.41) is 9.64. The van der Waals surface area contributed by atoms with E-state index >= 15 is 0 Å².